The normalized spacial score (nSPS) is 10.5. The predicted molar refractivity (Wildman–Crippen MR) is 54.1 cm³/mol. The van der Waals surface area contributed by atoms with Crippen molar-refractivity contribution in [2.24, 2.45) is 0 Å². The lowest BCUT2D eigenvalue weighted by molar-refractivity contribution is -0.144. The van der Waals surface area contributed by atoms with Gasteiger partial charge in [0.15, 0.2) is 5.58 Å². The first-order valence-electron chi connectivity index (χ1n) is 4.78. The van der Waals surface area contributed by atoms with E-state index < -0.39 is 0 Å². The first-order chi connectivity index (χ1) is 7.29. The van der Waals surface area contributed by atoms with Crippen LogP contribution in [0.15, 0.2) is 28.9 Å². The van der Waals surface area contributed by atoms with Gasteiger partial charge in [0.25, 0.3) is 0 Å². The van der Waals surface area contributed by atoms with Gasteiger partial charge in [0.2, 0.25) is 0 Å². The molecule has 4 nitrogen and oxygen atoms in total. The number of esters is 1. The Kier molecular flexibility index (Phi) is 2.67. The second-order valence-electron chi connectivity index (χ2n) is 3.21. The van der Waals surface area contributed by atoms with Crippen molar-refractivity contribution in [3.8, 4) is 0 Å². The van der Waals surface area contributed by atoms with Crippen LogP contribution in [0.4, 0.5) is 0 Å². The van der Waals surface area contributed by atoms with E-state index in [1.54, 1.807) is 13.1 Å². The number of rotatable bonds is 3. The molecule has 0 amide bonds. The molecular weight excluding hydrogens is 194 g/mol. The van der Waals surface area contributed by atoms with Gasteiger partial charge in [-0.1, -0.05) is 18.1 Å². The molecule has 0 aliphatic heterocycles. The maximum Gasteiger partial charge on any atom is 0.305 e. The van der Waals surface area contributed by atoms with E-state index in [0.29, 0.717) is 13.0 Å². The van der Waals surface area contributed by atoms with Crippen LogP contribution in [0.5, 0.6) is 0 Å². The standard InChI is InChI=1S/C11H11NO3/c1-2-11(13)14-7-8-3-4-10-9(5-8)6-12-15-10/h3-6H,2,7H2,1H3. The van der Waals surface area contributed by atoms with Crippen LogP contribution in [0.1, 0.15) is 18.9 Å². The maximum atomic E-state index is 10.9. The highest BCUT2D eigenvalue weighted by atomic mass is 16.5. The molecule has 0 saturated heterocycles. The molecule has 0 saturated carbocycles. The molecule has 0 atom stereocenters. The summed E-state index contributed by atoms with van der Waals surface area (Å²) in [6, 6.07) is 5.57. The number of hydrogen-bond donors (Lipinski definition) is 0. The average Bonchev–Trinajstić information content (AvgIpc) is 2.72. The number of aromatic nitrogens is 1. The molecule has 0 N–H and O–H groups in total. The van der Waals surface area contributed by atoms with E-state index in [2.05, 4.69) is 5.16 Å². The zero-order valence-corrected chi connectivity index (χ0v) is 8.40. The number of carbonyl (C=O) groups is 1. The molecule has 15 heavy (non-hydrogen) atoms. The molecule has 0 fully saturated rings. The van der Waals surface area contributed by atoms with E-state index >= 15 is 0 Å². The summed E-state index contributed by atoms with van der Waals surface area (Å²) >= 11 is 0. The van der Waals surface area contributed by atoms with E-state index in [4.69, 9.17) is 9.26 Å². The molecule has 4 heteroatoms. The summed E-state index contributed by atoms with van der Waals surface area (Å²) in [6.45, 7) is 2.07. The maximum absolute atomic E-state index is 10.9. The van der Waals surface area contributed by atoms with Gasteiger partial charge in [0, 0.05) is 11.8 Å². The lowest BCUT2D eigenvalue weighted by Crippen LogP contribution is -2.01. The van der Waals surface area contributed by atoms with Gasteiger partial charge in [0.05, 0.1) is 6.20 Å². The average molecular weight is 205 g/mol. The van der Waals surface area contributed by atoms with Gasteiger partial charge in [-0.3, -0.25) is 4.79 Å². The van der Waals surface area contributed by atoms with Crippen molar-refractivity contribution >= 4 is 16.9 Å². The van der Waals surface area contributed by atoms with Crippen LogP contribution in [0, 0.1) is 0 Å². The Balaban J connectivity index is 2.11. The molecular formula is C11H11NO3. The van der Waals surface area contributed by atoms with Crippen molar-refractivity contribution in [3.05, 3.63) is 30.0 Å². The Morgan fingerprint density at radius 3 is 3.20 bits per heavy atom. The number of fused-ring (bicyclic) bond motifs is 1. The third kappa shape index (κ3) is 2.15. The first kappa shape index (κ1) is 9.71. The van der Waals surface area contributed by atoms with Gasteiger partial charge >= 0.3 is 5.97 Å². The zero-order valence-electron chi connectivity index (χ0n) is 8.40. The third-order valence-corrected chi connectivity index (χ3v) is 2.11. The molecule has 0 aliphatic rings. The fourth-order valence-electron chi connectivity index (χ4n) is 1.28. The van der Waals surface area contributed by atoms with Crippen LogP contribution < -0.4 is 0 Å². The first-order valence-corrected chi connectivity index (χ1v) is 4.78. The zero-order chi connectivity index (χ0) is 10.7. The predicted octanol–water partition coefficient (Wildman–Crippen LogP) is 2.28. The molecule has 1 aromatic heterocycles. The third-order valence-electron chi connectivity index (χ3n) is 2.11. The van der Waals surface area contributed by atoms with Crippen LogP contribution in [0.3, 0.4) is 0 Å². The molecule has 0 radical (unpaired) electrons. The topological polar surface area (TPSA) is 52.3 Å². The number of nitrogens with zero attached hydrogens (tertiary/aromatic N) is 1. The molecule has 1 heterocycles. The minimum atomic E-state index is -0.194. The highest BCUT2D eigenvalue weighted by molar-refractivity contribution is 5.76. The Morgan fingerprint density at radius 1 is 1.53 bits per heavy atom. The highest BCUT2D eigenvalue weighted by Gasteiger charge is 2.02. The number of carbonyl (C=O) groups excluding carboxylic acids is 1. The fraction of sp³-hybridized carbons (Fsp3) is 0.273. The van der Waals surface area contributed by atoms with Gasteiger partial charge in [-0.05, 0) is 17.7 Å². The highest BCUT2D eigenvalue weighted by Crippen LogP contribution is 2.15. The van der Waals surface area contributed by atoms with Gasteiger partial charge in [0.1, 0.15) is 6.61 Å². The number of ether oxygens (including phenoxy) is 1. The van der Waals surface area contributed by atoms with Crippen LogP contribution in [0.2, 0.25) is 0 Å². The fourth-order valence-corrected chi connectivity index (χ4v) is 1.28. The second-order valence-corrected chi connectivity index (χ2v) is 3.21. The molecule has 0 aliphatic carbocycles. The van der Waals surface area contributed by atoms with Crippen molar-refractivity contribution in [1.82, 2.24) is 5.16 Å². The van der Waals surface area contributed by atoms with E-state index in [-0.39, 0.29) is 5.97 Å². The summed E-state index contributed by atoms with van der Waals surface area (Å²) in [5, 5.41) is 4.59. The summed E-state index contributed by atoms with van der Waals surface area (Å²) in [5.41, 5.74) is 1.67. The lowest BCUT2D eigenvalue weighted by Gasteiger charge is -2.02. The largest absolute Gasteiger partial charge is 0.461 e. The summed E-state index contributed by atoms with van der Waals surface area (Å²) in [4.78, 5) is 10.9. The van der Waals surface area contributed by atoms with Crippen LogP contribution in [-0.2, 0) is 16.1 Å². The Morgan fingerprint density at radius 2 is 2.40 bits per heavy atom. The molecule has 78 valence electrons. The van der Waals surface area contributed by atoms with Gasteiger partial charge in [-0.2, -0.15) is 0 Å². The van der Waals surface area contributed by atoms with Gasteiger partial charge in [-0.15, -0.1) is 0 Å². The summed E-state index contributed by atoms with van der Waals surface area (Å²) < 4.78 is 9.97. The number of hydrogen-bond acceptors (Lipinski definition) is 4. The SMILES string of the molecule is CCC(=O)OCc1ccc2oncc2c1. The molecule has 0 spiro atoms. The van der Waals surface area contributed by atoms with E-state index in [9.17, 15) is 4.79 Å². The van der Waals surface area contributed by atoms with Crippen molar-refractivity contribution in [3.63, 3.8) is 0 Å². The second kappa shape index (κ2) is 4.13. The van der Waals surface area contributed by atoms with Crippen molar-refractivity contribution in [2.45, 2.75) is 20.0 Å². The van der Waals surface area contributed by atoms with Crippen molar-refractivity contribution < 1.29 is 14.1 Å². The molecule has 2 rings (SSSR count). The molecule has 0 unspecified atom stereocenters. The van der Waals surface area contributed by atoms with Crippen molar-refractivity contribution in [1.29, 1.82) is 0 Å². The van der Waals surface area contributed by atoms with Crippen LogP contribution in [0.25, 0.3) is 11.0 Å². The van der Waals surface area contributed by atoms with Crippen LogP contribution in [-0.4, -0.2) is 11.1 Å². The van der Waals surface area contributed by atoms with Gasteiger partial charge < -0.3 is 9.26 Å². The summed E-state index contributed by atoms with van der Waals surface area (Å²) in [5.74, 6) is -0.194. The monoisotopic (exact) mass is 205 g/mol. The summed E-state index contributed by atoms with van der Waals surface area (Å²) in [6.07, 6.45) is 2.04. The lowest BCUT2D eigenvalue weighted by atomic mass is 10.2. The number of benzene rings is 1. The smallest absolute Gasteiger partial charge is 0.305 e. The quantitative estimate of drug-likeness (QED) is 0.721. The van der Waals surface area contributed by atoms with E-state index in [0.717, 1.165) is 16.5 Å². The molecule has 1 aromatic carbocycles. The van der Waals surface area contributed by atoms with E-state index in [1.807, 2.05) is 18.2 Å². The summed E-state index contributed by atoms with van der Waals surface area (Å²) in [7, 11) is 0. The van der Waals surface area contributed by atoms with Gasteiger partial charge in [-0.25, -0.2) is 0 Å². The Labute approximate surface area is 86.8 Å². The Hall–Kier alpha value is -1.84. The molecule has 2 aromatic rings. The molecule has 0 bridgehead atoms. The minimum Gasteiger partial charge on any atom is -0.461 e. The Bertz CT molecular complexity index is 475. The van der Waals surface area contributed by atoms with Crippen LogP contribution >= 0.6 is 0 Å². The van der Waals surface area contributed by atoms with Crippen molar-refractivity contribution in [2.75, 3.05) is 0 Å². The minimum absolute atomic E-state index is 0.194. The van der Waals surface area contributed by atoms with E-state index in [1.165, 1.54) is 0 Å².